The van der Waals surface area contributed by atoms with Crippen molar-refractivity contribution in [2.24, 2.45) is 0 Å². The first-order valence-electron chi connectivity index (χ1n) is 10.3. The Morgan fingerprint density at radius 1 is 1.03 bits per heavy atom. The smallest absolute Gasteiger partial charge is 0.220 e. The number of halogens is 1. The highest BCUT2D eigenvalue weighted by Crippen LogP contribution is 2.26. The number of aromatic nitrogens is 2. The van der Waals surface area contributed by atoms with Crippen LogP contribution in [0.5, 0.6) is 0 Å². The minimum atomic E-state index is 0.0182. The summed E-state index contributed by atoms with van der Waals surface area (Å²) in [6.07, 6.45) is 2.97. The highest BCUT2D eigenvalue weighted by molar-refractivity contribution is 6.30. The Labute approximate surface area is 187 Å². The number of hydrogen-bond acceptors (Lipinski definition) is 3. The molecule has 4 aromatic rings. The maximum absolute atomic E-state index is 12.5. The quantitative estimate of drug-likeness (QED) is 0.448. The summed E-state index contributed by atoms with van der Waals surface area (Å²) in [5.41, 5.74) is 5.97. The van der Waals surface area contributed by atoms with Crippen molar-refractivity contribution < 1.29 is 4.79 Å². The van der Waals surface area contributed by atoms with Crippen molar-refractivity contribution in [2.75, 3.05) is 19.0 Å². The second kappa shape index (κ2) is 9.23. The van der Waals surface area contributed by atoms with Crippen molar-refractivity contribution in [1.29, 1.82) is 0 Å². The monoisotopic (exact) mass is 432 g/mol. The van der Waals surface area contributed by atoms with Crippen molar-refractivity contribution in [3.8, 4) is 11.3 Å². The molecular weight excluding hydrogens is 408 g/mol. The van der Waals surface area contributed by atoms with Gasteiger partial charge in [0, 0.05) is 49.5 Å². The van der Waals surface area contributed by atoms with Crippen LogP contribution in [-0.2, 0) is 17.8 Å². The van der Waals surface area contributed by atoms with Crippen molar-refractivity contribution in [3.63, 3.8) is 0 Å². The molecule has 0 aliphatic heterocycles. The van der Waals surface area contributed by atoms with Gasteiger partial charge in [0.05, 0.1) is 11.4 Å². The summed E-state index contributed by atoms with van der Waals surface area (Å²) in [7, 11) is 4.02. The van der Waals surface area contributed by atoms with E-state index in [2.05, 4.69) is 26.8 Å². The Bertz CT molecular complexity index is 1180. The molecule has 0 spiro atoms. The van der Waals surface area contributed by atoms with Gasteiger partial charge in [0.25, 0.3) is 0 Å². The van der Waals surface area contributed by atoms with E-state index in [0.29, 0.717) is 24.4 Å². The molecule has 2 heterocycles. The van der Waals surface area contributed by atoms with Gasteiger partial charge in [-0.1, -0.05) is 41.9 Å². The molecule has 1 N–H and O–H groups in total. The van der Waals surface area contributed by atoms with Gasteiger partial charge in [-0.05, 0) is 48.4 Å². The first-order chi connectivity index (χ1) is 15.0. The number of amides is 1. The van der Waals surface area contributed by atoms with Crippen LogP contribution in [0.25, 0.3) is 16.9 Å². The average molecular weight is 433 g/mol. The van der Waals surface area contributed by atoms with Gasteiger partial charge in [-0.15, -0.1) is 0 Å². The Kier molecular flexibility index (Phi) is 6.23. The van der Waals surface area contributed by atoms with Crippen LogP contribution >= 0.6 is 11.6 Å². The molecule has 31 heavy (non-hydrogen) atoms. The summed E-state index contributed by atoms with van der Waals surface area (Å²) < 4.78 is 2.05. The van der Waals surface area contributed by atoms with Crippen LogP contribution in [-0.4, -0.2) is 29.4 Å². The highest BCUT2D eigenvalue weighted by atomic mass is 35.5. The summed E-state index contributed by atoms with van der Waals surface area (Å²) in [5.74, 6) is 0.0182. The number of benzene rings is 2. The first kappa shape index (κ1) is 20.9. The fourth-order valence-electron chi connectivity index (χ4n) is 3.56. The minimum absolute atomic E-state index is 0.0182. The van der Waals surface area contributed by atoms with Gasteiger partial charge in [0.15, 0.2) is 0 Å². The van der Waals surface area contributed by atoms with E-state index in [9.17, 15) is 4.79 Å². The second-order valence-electron chi connectivity index (χ2n) is 7.68. The number of anilines is 1. The van der Waals surface area contributed by atoms with Gasteiger partial charge in [-0.3, -0.25) is 4.79 Å². The molecule has 0 fully saturated rings. The summed E-state index contributed by atoms with van der Waals surface area (Å²) in [6.45, 7) is 0.518. The Hall–Kier alpha value is -3.31. The maximum Gasteiger partial charge on any atom is 0.220 e. The number of nitrogens with zero attached hydrogens (tertiary/aromatic N) is 3. The maximum atomic E-state index is 12.5. The summed E-state index contributed by atoms with van der Waals surface area (Å²) in [6, 6.07) is 21.7. The standard InChI is InChI=1S/C25H25ClN4O/c1-29(2)21-12-6-18(7-13-21)17-27-24(31)15-14-22-25(19-8-10-20(26)11-9-19)28-23-5-3-4-16-30(22)23/h3-13,16H,14-15,17H2,1-2H3,(H,27,31). The number of fused-ring (bicyclic) bond motifs is 1. The van der Waals surface area contributed by atoms with Gasteiger partial charge < -0.3 is 14.6 Å². The van der Waals surface area contributed by atoms with E-state index < -0.39 is 0 Å². The number of aryl methyl sites for hydroxylation is 1. The van der Waals surface area contributed by atoms with Crippen LogP contribution in [0.15, 0.2) is 72.9 Å². The molecule has 5 nitrogen and oxygen atoms in total. The van der Waals surface area contributed by atoms with Crippen molar-refractivity contribution in [2.45, 2.75) is 19.4 Å². The van der Waals surface area contributed by atoms with Gasteiger partial charge >= 0.3 is 0 Å². The zero-order valence-corrected chi connectivity index (χ0v) is 18.4. The molecule has 0 radical (unpaired) electrons. The molecule has 0 atom stereocenters. The van der Waals surface area contributed by atoms with E-state index in [4.69, 9.17) is 16.6 Å². The lowest BCUT2D eigenvalue weighted by atomic mass is 10.1. The van der Waals surface area contributed by atoms with E-state index in [-0.39, 0.29) is 5.91 Å². The van der Waals surface area contributed by atoms with E-state index >= 15 is 0 Å². The molecule has 6 heteroatoms. The SMILES string of the molecule is CN(C)c1ccc(CNC(=O)CCc2c(-c3ccc(Cl)cc3)nc3ccccn23)cc1. The van der Waals surface area contributed by atoms with Crippen molar-refractivity contribution in [1.82, 2.24) is 14.7 Å². The second-order valence-corrected chi connectivity index (χ2v) is 8.12. The van der Waals surface area contributed by atoms with Crippen LogP contribution < -0.4 is 10.2 Å². The molecule has 0 saturated carbocycles. The molecule has 158 valence electrons. The zero-order chi connectivity index (χ0) is 21.8. The van der Waals surface area contributed by atoms with Crippen LogP contribution in [0.1, 0.15) is 17.7 Å². The normalized spacial score (nSPS) is 10.9. The molecule has 4 rings (SSSR count). The van der Waals surface area contributed by atoms with Crippen LogP contribution in [0.3, 0.4) is 0 Å². The number of carbonyl (C=O) groups is 1. The predicted molar refractivity (Wildman–Crippen MR) is 127 cm³/mol. The number of pyridine rings is 1. The minimum Gasteiger partial charge on any atom is -0.378 e. The fraction of sp³-hybridized carbons (Fsp3) is 0.200. The number of imidazole rings is 1. The molecule has 0 saturated heterocycles. The van der Waals surface area contributed by atoms with Crippen molar-refractivity contribution >= 4 is 28.8 Å². The lowest BCUT2D eigenvalue weighted by molar-refractivity contribution is -0.121. The Morgan fingerprint density at radius 3 is 2.48 bits per heavy atom. The topological polar surface area (TPSA) is 49.6 Å². The van der Waals surface area contributed by atoms with E-state index in [1.807, 2.05) is 74.9 Å². The predicted octanol–water partition coefficient (Wildman–Crippen LogP) is 4.97. The third-order valence-electron chi connectivity index (χ3n) is 5.28. The number of carbonyl (C=O) groups excluding carboxylic acids is 1. The van der Waals surface area contributed by atoms with Gasteiger partial charge in [-0.2, -0.15) is 0 Å². The van der Waals surface area contributed by atoms with Crippen LogP contribution in [0, 0.1) is 0 Å². The van der Waals surface area contributed by atoms with Gasteiger partial charge in [0.1, 0.15) is 5.65 Å². The lowest BCUT2D eigenvalue weighted by Crippen LogP contribution is -2.23. The highest BCUT2D eigenvalue weighted by Gasteiger charge is 2.15. The number of rotatable bonds is 7. The molecule has 0 aliphatic carbocycles. The number of nitrogens with one attached hydrogen (secondary N) is 1. The van der Waals surface area contributed by atoms with Gasteiger partial charge in [0.2, 0.25) is 5.91 Å². The van der Waals surface area contributed by atoms with E-state index in [1.54, 1.807) is 0 Å². The summed E-state index contributed by atoms with van der Waals surface area (Å²) in [5, 5.41) is 3.71. The molecule has 0 bridgehead atoms. The first-order valence-corrected chi connectivity index (χ1v) is 10.6. The van der Waals surface area contributed by atoms with Crippen LogP contribution in [0.2, 0.25) is 5.02 Å². The Morgan fingerprint density at radius 2 is 1.77 bits per heavy atom. The number of hydrogen-bond donors (Lipinski definition) is 1. The largest absolute Gasteiger partial charge is 0.378 e. The van der Waals surface area contributed by atoms with Crippen LogP contribution in [0.4, 0.5) is 5.69 Å². The Balaban J connectivity index is 1.46. The lowest BCUT2D eigenvalue weighted by Gasteiger charge is -2.13. The summed E-state index contributed by atoms with van der Waals surface area (Å²) >= 11 is 6.05. The fourth-order valence-corrected chi connectivity index (χ4v) is 3.68. The molecule has 0 aliphatic rings. The molecule has 0 unspecified atom stereocenters. The van der Waals surface area contributed by atoms with Gasteiger partial charge in [-0.25, -0.2) is 4.98 Å². The zero-order valence-electron chi connectivity index (χ0n) is 17.7. The molecule has 2 aromatic carbocycles. The van der Waals surface area contributed by atoms with E-state index in [1.165, 1.54) is 0 Å². The van der Waals surface area contributed by atoms with Crippen molar-refractivity contribution in [3.05, 3.63) is 89.2 Å². The average Bonchev–Trinajstić information content (AvgIpc) is 3.15. The van der Waals surface area contributed by atoms with E-state index in [0.717, 1.165) is 33.8 Å². The molecule has 1 amide bonds. The summed E-state index contributed by atoms with van der Waals surface area (Å²) in [4.78, 5) is 19.4. The third kappa shape index (κ3) is 4.89. The molecular formula is C25H25ClN4O. The molecule has 2 aromatic heterocycles. The third-order valence-corrected chi connectivity index (χ3v) is 5.53.